The van der Waals surface area contributed by atoms with Crippen molar-refractivity contribution in [2.45, 2.75) is 51.0 Å². The van der Waals surface area contributed by atoms with Gasteiger partial charge in [-0.1, -0.05) is 24.3 Å². The van der Waals surface area contributed by atoms with Crippen LogP contribution in [0.2, 0.25) is 0 Å². The number of rotatable bonds is 2. The summed E-state index contributed by atoms with van der Waals surface area (Å²) < 4.78 is 0. The van der Waals surface area contributed by atoms with Gasteiger partial charge in [-0.2, -0.15) is 0 Å². The van der Waals surface area contributed by atoms with E-state index in [9.17, 15) is 0 Å². The number of likely N-dealkylation sites (tertiary alicyclic amines) is 1. The molecule has 1 aliphatic carbocycles. The number of allylic oxidation sites excluding steroid dienone is 1. The monoisotopic (exact) mass is 394 g/mol. The Morgan fingerprint density at radius 3 is 2.43 bits per heavy atom. The highest BCUT2D eigenvalue weighted by molar-refractivity contribution is 8.03. The molecule has 0 unspecified atom stereocenters. The molecule has 0 saturated carbocycles. The van der Waals surface area contributed by atoms with Crippen molar-refractivity contribution in [3.63, 3.8) is 0 Å². The Morgan fingerprint density at radius 1 is 1.00 bits per heavy atom. The maximum absolute atomic E-state index is 8.87. The van der Waals surface area contributed by atoms with Gasteiger partial charge in [0, 0.05) is 29.8 Å². The predicted octanol–water partition coefficient (Wildman–Crippen LogP) is 4.31. The van der Waals surface area contributed by atoms with Crippen molar-refractivity contribution in [3.8, 4) is 0 Å². The highest BCUT2D eigenvalue weighted by Crippen LogP contribution is 2.38. The Kier molecular flexibility index (Phi) is 5.06. The van der Waals surface area contributed by atoms with Crippen LogP contribution in [-0.2, 0) is 12.8 Å². The summed E-state index contributed by atoms with van der Waals surface area (Å²) in [6.07, 6.45) is 7.70. The van der Waals surface area contributed by atoms with Gasteiger partial charge in [0.1, 0.15) is 11.7 Å². The van der Waals surface area contributed by atoms with Gasteiger partial charge in [-0.25, -0.2) is 0 Å². The summed E-state index contributed by atoms with van der Waals surface area (Å²) in [4.78, 5) is 6.13. The second-order valence-electron chi connectivity index (χ2n) is 8.63. The lowest BCUT2D eigenvalue weighted by Crippen LogP contribution is -2.47. The van der Waals surface area contributed by atoms with Crippen molar-refractivity contribution in [2.24, 2.45) is 5.92 Å². The number of hydrogen-bond acceptors (Lipinski definition) is 4. The van der Waals surface area contributed by atoms with Gasteiger partial charge in [-0.3, -0.25) is 15.7 Å². The molecule has 4 aliphatic rings. The Morgan fingerprint density at radius 2 is 1.71 bits per heavy atom. The van der Waals surface area contributed by atoms with Crippen molar-refractivity contribution in [2.75, 3.05) is 25.4 Å². The normalized spacial score (nSPS) is 24.4. The fourth-order valence-corrected chi connectivity index (χ4v) is 6.66. The first-order chi connectivity index (χ1) is 13.7. The number of thioether (sulfide) groups is 1. The zero-order valence-electron chi connectivity index (χ0n) is 16.5. The number of benzene rings is 1. The van der Waals surface area contributed by atoms with E-state index >= 15 is 0 Å². The lowest BCUT2D eigenvalue weighted by Gasteiger charge is -2.38. The number of hydrogen-bond donors (Lipinski definition) is 2. The Hall–Kier alpha value is -1.59. The molecule has 28 heavy (non-hydrogen) atoms. The molecule has 4 nitrogen and oxygen atoms in total. The summed E-state index contributed by atoms with van der Waals surface area (Å²) in [5.74, 6) is 2.79. The van der Waals surface area contributed by atoms with Crippen molar-refractivity contribution in [1.82, 2.24) is 9.80 Å². The second kappa shape index (κ2) is 7.68. The summed E-state index contributed by atoms with van der Waals surface area (Å²) >= 11 is 1.94. The van der Waals surface area contributed by atoms with E-state index in [-0.39, 0.29) is 0 Å². The first kappa shape index (κ1) is 18.4. The number of amidine groups is 2. The van der Waals surface area contributed by atoms with Gasteiger partial charge in [-0.15, -0.1) is 11.8 Å². The molecule has 1 aromatic rings. The highest BCUT2D eigenvalue weighted by atomic mass is 32.2. The van der Waals surface area contributed by atoms with Crippen LogP contribution in [0.15, 0.2) is 34.7 Å². The molecular weight excluding hydrogens is 364 g/mol. The standard InChI is InChI=1S/C23H30N4S/c24-22(27-10-3-6-21-20(23(27)25)9-13-28-21)16-7-11-26(12-8-16)19-14-17-4-1-2-5-18(17)15-19/h1-2,4-5,16,19,24-25H,3,6-15H2. The van der Waals surface area contributed by atoms with Gasteiger partial charge >= 0.3 is 0 Å². The van der Waals surface area contributed by atoms with Crippen LogP contribution in [0.5, 0.6) is 0 Å². The molecular formula is C23H30N4S. The molecule has 0 aromatic heterocycles. The number of fused-ring (bicyclic) bond motifs is 1. The summed E-state index contributed by atoms with van der Waals surface area (Å²) in [5.41, 5.74) is 4.28. The van der Waals surface area contributed by atoms with Crippen molar-refractivity contribution in [3.05, 3.63) is 45.9 Å². The van der Waals surface area contributed by atoms with E-state index in [0.29, 0.717) is 23.6 Å². The Balaban J connectivity index is 1.20. The molecule has 1 saturated heterocycles. The molecule has 0 atom stereocenters. The van der Waals surface area contributed by atoms with Gasteiger partial charge in [0.25, 0.3) is 0 Å². The highest BCUT2D eigenvalue weighted by Gasteiger charge is 2.34. The first-order valence-corrected chi connectivity index (χ1v) is 11.8. The lowest BCUT2D eigenvalue weighted by molar-refractivity contribution is 0.151. The molecule has 3 aliphatic heterocycles. The quantitative estimate of drug-likeness (QED) is 0.581. The SMILES string of the molecule is N=C1C2=C(CCCN1C(=N)C1CCN(C3Cc4ccccc4C3)CC1)SCC2. The molecule has 5 heteroatoms. The largest absolute Gasteiger partial charge is 0.315 e. The molecule has 5 rings (SSSR count). The van der Waals surface area contributed by atoms with E-state index in [0.717, 1.165) is 57.5 Å². The molecule has 2 N–H and O–H groups in total. The van der Waals surface area contributed by atoms with E-state index in [1.807, 2.05) is 16.7 Å². The fraction of sp³-hybridized carbons (Fsp3) is 0.565. The Bertz CT molecular complexity index is 797. The molecule has 0 spiro atoms. The molecule has 148 valence electrons. The van der Waals surface area contributed by atoms with Crippen LogP contribution < -0.4 is 0 Å². The molecule has 3 heterocycles. The molecule has 0 bridgehead atoms. The first-order valence-electron chi connectivity index (χ1n) is 10.8. The lowest BCUT2D eigenvalue weighted by atomic mass is 9.93. The zero-order valence-corrected chi connectivity index (χ0v) is 17.4. The molecule has 1 aromatic carbocycles. The van der Waals surface area contributed by atoms with E-state index in [1.54, 1.807) is 0 Å². The third kappa shape index (κ3) is 3.33. The van der Waals surface area contributed by atoms with E-state index in [2.05, 4.69) is 29.2 Å². The number of nitrogens with one attached hydrogen (secondary N) is 2. The van der Waals surface area contributed by atoms with Crippen LogP contribution in [0.25, 0.3) is 0 Å². The van der Waals surface area contributed by atoms with Crippen LogP contribution in [-0.4, -0.2) is 52.9 Å². The third-order valence-electron chi connectivity index (χ3n) is 7.06. The maximum atomic E-state index is 8.87. The van der Waals surface area contributed by atoms with Crippen LogP contribution in [0.3, 0.4) is 0 Å². The van der Waals surface area contributed by atoms with E-state index in [4.69, 9.17) is 10.8 Å². The zero-order chi connectivity index (χ0) is 19.1. The van der Waals surface area contributed by atoms with Crippen molar-refractivity contribution in [1.29, 1.82) is 10.8 Å². The molecule has 1 fully saturated rings. The maximum Gasteiger partial charge on any atom is 0.130 e. The summed E-state index contributed by atoms with van der Waals surface area (Å²) in [5, 5.41) is 17.6. The average molecular weight is 395 g/mol. The van der Waals surface area contributed by atoms with Crippen molar-refractivity contribution >= 4 is 23.4 Å². The van der Waals surface area contributed by atoms with Crippen LogP contribution in [0, 0.1) is 16.7 Å². The van der Waals surface area contributed by atoms with Gasteiger partial charge in [0.15, 0.2) is 0 Å². The second-order valence-corrected chi connectivity index (χ2v) is 9.82. The third-order valence-corrected chi connectivity index (χ3v) is 8.27. The minimum absolute atomic E-state index is 0.316. The van der Waals surface area contributed by atoms with Crippen molar-refractivity contribution < 1.29 is 0 Å². The molecule has 0 amide bonds. The van der Waals surface area contributed by atoms with Crippen LogP contribution in [0.1, 0.15) is 43.2 Å². The topological polar surface area (TPSA) is 54.2 Å². The van der Waals surface area contributed by atoms with Gasteiger partial charge in [0.05, 0.1) is 0 Å². The Labute approximate surface area is 172 Å². The summed E-state index contributed by atoms with van der Waals surface area (Å²) in [7, 11) is 0. The average Bonchev–Trinajstić information content (AvgIpc) is 3.34. The fourth-order valence-electron chi connectivity index (χ4n) is 5.44. The minimum atomic E-state index is 0.316. The number of nitrogens with zero attached hydrogens (tertiary/aromatic N) is 2. The van der Waals surface area contributed by atoms with Crippen LogP contribution in [0.4, 0.5) is 0 Å². The predicted molar refractivity (Wildman–Crippen MR) is 117 cm³/mol. The van der Waals surface area contributed by atoms with E-state index < -0.39 is 0 Å². The summed E-state index contributed by atoms with van der Waals surface area (Å²) in [6.45, 7) is 3.04. The summed E-state index contributed by atoms with van der Waals surface area (Å²) in [6, 6.07) is 9.54. The van der Waals surface area contributed by atoms with Crippen LogP contribution >= 0.6 is 11.8 Å². The number of piperidine rings is 1. The van der Waals surface area contributed by atoms with E-state index in [1.165, 1.54) is 34.4 Å². The smallest absolute Gasteiger partial charge is 0.130 e. The van der Waals surface area contributed by atoms with Gasteiger partial charge in [-0.05, 0) is 74.1 Å². The minimum Gasteiger partial charge on any atom is -0.315 e. The molecule has 0 radical (unpaired) electrons. The van der Waals surface area contributed by atoms with Gasteiger partial charge in [0.2, 0.25) is 0 Å². The van der Waals surface area contributed by atoms with Gasteiger partial charge < -0.3 is 4.90 Å².